The van der Waals surface area contributed by atoms with Crippen LogP contribution in [0, 0.1) is 11.6 Å². The summed E-state index contributed by atoms with van der Waals surface area (Å²) in [5.74, 6) is -2.55. The van der Waals surface area contributed by atoms with Crippen molar-refractivity contribution in [3.8, 4) is 5.75 Å². The van der Waals surface area contributed by atoms with Crippen molar-refractivity contribution in [2.24, 2.45) is 0 Å². The Kier molecular flexibility index (Phi) is 5.36. The second-order valence-corrected chi connectivity index (χ2v) is 5.79. The number of rotatable bonds is 6. The van der Waals surface area contributed by atoms with Crippen molar-refractivity contribution in [2.45, 2.75) is 45.8 Å². The Bertz CT molecular complexity index is 500. The maximum absolute atomic E-state index is 13.5. The third kappa shape index (κ3) is 4.15. The Morgan fingerprint density at radius 3 is 2.24 bits per heavy atom. The summed E-state index contributed by atoms with van der Waals surface area (Å²) in [6.07, 6.45) is 0. The molecule has 0 atom stereocenters. The zero-order valence-corrected chi connectivity index (χ0v) is 12.9. The first-order valence-electron chi connectivity index (χ1n) is 6.69. The average Bonchev–Trinajstić information content (AvgIpc) is 2.32. The van der Waals surface area contributed by atoms with Crippen molar-refractivity contribution in [1.29, 1.82) is 0 Å². The second-order valence-electron chi connectivity index (χ2n) is 5.79. The first-order chi connectivity index (χ1) is 9.49. The summed E-state index contributed by atoms with van der Waals surface area (Å²) in [6, 6.07) is 2.01. The zero-order chi connectivity index (χ0) is 16.4. The Morgan fingerprint density at radius 1 is 1.19 bits per heavy atom. The number of hydrogen-bond acceptors (Lipinski definition) is 4. The Labute approximate surface area is 123 Å². The number of halogens is 2. The molecule has 0 fully saturated rings. The molecule has 0 saturated carbocycles. The van der Waals surface area contributed by atoms with Crippen molar-refractivity contribution in [3.05, 3.63) is 23.8 Å². The Morgan fingerprint density at radius 2 is 1.76 bits per heavy atom. The maximum atomic E-state index is 13.5. The van der Waals surface area contributed by atoms with Crippen molar-refractivity contribution >= 4 is 12.6 Å². The van der Waals surface area contributed by atoms with Crippen molar-refractivity contribution in [3.63, 3.8) is 0 Å². The predicted molar refractivity (Wildman–Crippen MR) is 76.6 cm³/mol. The molecule has 1 aromatic carbocycles. The van der Waals surface area contributed by atoms with E-state index in [9.17, 15) is 18.9 Å². The summed E-state index contributed by atoms with van der Waals surface area (Å²) in [5.41, 5.74) is -2.34. The summed E-state index contributed by atoms with van der Waals surface area (Å²) in [6.45, 7) is 8.01. The number of hydrogen-bond donors (Lipinski definition) is 2. The van der Waals surface area contributed by atoms with Crippen LogP contribution in [0.4, 0.5) is 8.78 Å². The normalized spacial score (nSPS) is 12.4. The van der Waals surface area contributed by atoms with Gasteiger partial charge in [-0.1, -0.05) is 0 Å². The molecule has 0 aliphatic rings. The van der Waals surface area contributed by atoms with Crippen LogP contribution in [0.25, 0.3) is 0 Å². The molecule has 118 valence electrons. The van der Waals surface area contributed by atoms with E-state index in [2.05, 4.69) is 0 Å². The monoisotopic (exact) mass is 302 g/mol. The van der Waals surface area contributed by atoms with Crippen molar-refractivity contribution < 1.29 is 28.3 Å². The fourth-order valence-corrected chi connectivity index (χ4v) is 1.48. The molecule has 7 heteroatoms. The first-order valence-corrected chi connectivity index (χ1v) is 6.69. The highest BCUT2D eigenvalue weighted by atomic mass is 19.2. The number of ether oxygens (including phenoxy) is 1. The molecule has 0 aliphatic carbocycles. The summed E-state index contributed by atoms with van der Waals surface area (Å²) in [5, 5.41) is 20.0. The van der Waals surface area contributed by atoms with Gasteiger partial charge in [0, 0.05) is 0 Å². The summed E-state index contributed by atoms with van der Waals surface area (Å²) in [7, 11) is -1.53. The van der Waals surface area contributed by atoms with Gasteiger partial charge in [0.05, 0.1) is 17.8 Å². The third-order valence-electron chi connectivity index (χ3n) is 3.48. The van der Waals surface area contributed by atoms with Crippen molar-refractivity contribution in [1.82, 2.24) is 0 Å². The van der Waals surface area contributed by atoms with E-state index in [1.54, 1.807) is 20.8 Å². The van der Waals surface area contributed by atoms with Crippen LogP contribution in [-0.2, 0) is 4.65 Å². The quantitative estimate of drug-likeness (QED) is 0.784. The van der Waals surface area contributed by atoms with Gasteiger partial charge in [0.1, 0.15) is 0 Å². The van der Waals surface area contributed by atoms with Gasteiger partial charge in [0.15, 0.2) is 11.6 Å². The summed E-state index contributed by atoms with van der Waals surface area (Å²) < 4.78 is 37.4. The van der Waals surface area contributed by atoms with Crippen LogP contribution < -0.4 is 10.2 Å². The fourth-order valence-electron chi connectivity index (χ4n) is 1.48. The van der Waals surface area contributed by atoms with Crippen molar-refractivity contribution in [2.75, 3.05) is 6.61 Å². The Balaban J connectivity index is 3.06. The zero-order valence-electron chi connectivity index (χ0n) is 12.9. The van der Waals surface area contributed by atoms with Crippen LogP contribution in [0.3, 0.4) is 0 Å². The average molecular weight is 302 g/mol. The predicted octanol–water partition coefficient (Wildman–Crippen LogP) is 1.62. The van der Waals surface area contributed by atoms with Crippen LogP contribution in [0.1, 0.15) is 34.6 Å². The highest BCUT2D eigenvalue weighted by Crippen LogP contribution is 2.26. The van der Waals surface area contributed by atoms with Gasteiger partial charge < -0.3 is 19.5 Å². The van der Waals surface area contributed by atoms with Gasteiger partial charge in [-0.3, -0.25) is 0 Å². The van der Waals surface area contributed by atoms with Gasteiger partial charge in [-0.25, -0.2) is 4.39 Å². The molecule has 2 N–H and O–H groups in total. The van der Waals surface area contributed by atoms with Crippen LogP contribution in [-0.4, -0.2) is 35.1 Å². The van der Waals surface area contributed by atoms with E-state index < -0.39 is 30.0 Å². The molecule has 0 radical (unpaired) electrons. The first kappa shape index (κ1) is 17.9. The van der Waals surface area contributed by atoms with Crippen LogP contribution in [0.5, 0.6) is 5.75 Å². The summed E-state index contributed by atoms with van der Waals surface area (Å²) in [4.78, 5) is 0. The SMILES string of the molecule is CCOc1cc(B(O)OC(C)(C)C(C)(C)O)cc(F)c1F. The van der Waals surface area contributed by atoms with Gasteiger partial charge in [-0.15, -0.1) is 0 Å². The Hall–Kier alpha value is -1.18. The van der Waals surface area contributed by atoms with E-state index in [1.807, 2.05) is 0 Å². The van der Waals surface area contributed by atoms with E-state index in [-0.39, 0.29) is 17.8 Å². The molecule has 0 aliphatic heterocycles. The molecule has 0 aromatic heterocycles. The maximum Gasteiger partial charge on any atom is 0.491 e. The van der Waals surface area contributed by atoms with E-state index in [0.717, 1.165) is 6.07 Å². The second kappa shape index (κ2) is 6.29. The minimum absolute atomic E-state index is 0.00896. The lowest BCUT2D eigenvalue weighted by atomic mass is 9.76. The molecule has 0 saturated heterocycles. The van der Waals surface area contributed by atoms with Gasteiger partial charge >= 0.3 is 7.12 Å². The molecule has 0 heterocycles. The summed E-state index contributed by atoms with van der Waals surface area (Å²) >= 11 is 0. The molecule has 0 spiro atoms. The minimum Gasteiger partial charge on any atom is -0.491 e. The van der Waals surface area contributed by atoms with E-state index in [0.29, 0.717) is 0 Å². The van der Waals surface area contributed by atoms with Gasteiger partial charge in [0.2, 0.25) is 5.82 Å². The van der Waals surface area contributed by atoms with Gasteiger partial charge in [-0.05, 0) is 52.2 Å². The molecule has 4 nitrogen and oxygen atoms in total. The molecule has 21 heavy (non-hydrogen) atoms. The number of benzene rings is 1. The minimum atomic E-state index is -1.53. The van der Waals surface area contributed by atoms with E-state index >= 15 is 0 Å². The lowest BCUT2D eigenvalue weighted by Gasteiger charge is -2.38. The largest absolute Gasteiger partial charge is 0.491 e. The van der Waals surface area contributed by atoms with E-state index in [4.69, 9.17) is 9.39 Å². The molecule has 0 bridgehead atoms. The molecule has 1 aromatic rings. The highest BCUT2D eigenvalue weighted by Gasteiger charge is 2.39. The fraction of sp³-hybridized carbons (Fsp3) is 0.571. The van der Waals surface area contributed by atoms with Crippen LogP contribution in [0.15, 0.2) is 12.1 Å². The van der Waals surface area contributed by atoms with Crippen LogP contribution >= 0.6 is 0 Å². The lowest BCUT2D eigenvalue weighted by molar-refractivity contribution is -0.0982. The topological polar surface area (TPSA) is 58.9 Å². The van der Waals surface area contributed by atoms with E-state index in [1.165, 1.54) is 19.9 Å². The molecule has 0 unspecified atom stereocenters. The molecule has 1 rings (SSSR count). The van der Waals surface area contributed by atoms with Gasteiger partial charge in [0.25, 0.3) is 0 Å². The smallest absolute Gasteiger partial charge is 0.491 e. The standard InChI is InChI=1S/C14H21BF2O4/c1-6-20-11-8-9(7-10(16)12(11)17)15(19)21-14(4,5)13(2,3)18/h7-8,18-19H,6H2,1-5H3. The third-order valence-corrected chi connectivity index (χ3v) is 3.48. The lowest BCUT2D eigenvalue weighted by Crippen LogP contribution is -2.53. The molecule has 0 amide bonds. The number of aliphatic hydroxyl groups is 1. The van der Waals surface area contributed by atoms with Gasteiger partial charge in [-0.2, -0.15) is 4.39 Å². The van der Waals surface area contributed by atoms with Crippen LogP contribution in [0.2, 0.25) is 0 Å². The molecular formula is C14H21BF2O4. The molecular weight excluding hydrogens is 281 g/mol. The highest BCUT2D eigenvalue weighted by molar-refractivity contribution is 6.60.